The monoisotopic (exact) mass is 338 g/mol. The second kappa shape index (κ2) is 7.20. The van der Waals surface area contributed by atoms with Crippen molar-refractivity contribution in [3.05, 3.63) is 12.2 Å². The molecule has 1 aliphatic carbocycles. The van der Waals surface area contributed by atoms with E-state index in [-0.39, 0.29) is 11.9 Å². The minimum atomic E-state index is -1.91. The fourth-order valence-corrected chi connectivity index (χ4v) is 10.2. The summed E-state index contributed by atoms with van der Waals surface area (Å²) in [5.74, 6) is 0.249. The van der Waals surface area contributed by atoms with Crippen molar-refractivity contribution in [3.8, 4) is 0 Å². The first kappa shape index (κ1) is 18.9. The Bertz CT molecular complexity index is 434. The maximum Gasteiger partial charge on any atom is 0.201 e. The molecule has 0 N–H and O–H groups in total. The molecule has 0 saturated heterocycles. The molecule has 0 bridgehead atoms. The van der Waals surface area contributed by atoms with Crippen LogP contribution in [-0.2, 0) is 14.0 Å². The zero-order chi connectivity index (χ0) is 17.3. The van der Waals surface area contributed by atoms with Gasteiger partial charge in [0, 0.05) is 6.42 Å². The van der Waals surface area contributed by atoms with Crippen molar-refractivity contribution in [2.24, 2.45) is 0 Å². The molecule has 4 heteroatoms. The highest BCUT2D eigenvalue weighted by atomic mass is 28.4. The van der Waals surface area contributed by atoms with E-state index in [4.69, 9.17) is 9.16 Å². The second-order valence-electron chi connectivity index (χ2n) is 8.16. The second-order valence-corrected chi connectivity index (χ2v) is 13.6. The fraction of sp³-hybridized carbons (Fsp3) is 0.842. The van der Waals surface area contributed by atoms with Crippen LogP contribution >= 0.6 is 0 Å². The molecule has 0 unspecified atom stereocenters. The quantitative estimate of drug-likeness (QED) is 0.522. The van der Waals surface area contributed by atoms with Crippen LogP contribution in [0.1, 0.15) is 67.2 Å². The number of hydrogen-bond acceptors (Lipinski definition) is 3. The minimum absolute atomic E-state index is 0.00535. The van der Waals surface area contributed by atoms with E-state index in [9.17, 15) is 4.79 Å². The van der Waals surface area contributed by atoms with Gasteiger partial charge in [0.05, 0.1) is 12.7 Å². The standard InChI is InChI=1S/C19H34O3Si/c1-14(2)23(15(3)4,16(5)6)22-17-10-12-19(21-13-17)11-8-7-9-18(19)20/h10,12,14-17H,7-9,11,13H2,1-6H3/t17-,19+/m0/s1. The molecule has 132 valence electrons. The summed E-state index contributed by atoms with van der Waals surface area (Å²) in [5.41, 5.74) is 1.03. The third-order valence-corrected chi connectivity index (χ3v) is 11.9. The molecule has 23 heavy (non-hydrogen) atoms. The van der Waals surface area contributed by atoms with Crippen molar-refractivity contribution in [3.63, 3.8) is 0 Å². The summed E-state index contributed by atoms with van der Waals surface area (Å²) in [4.78, 5) is 12.3. The molecule has 2 atom stereocenters. The largest absolute Gasteiger partial charge is 0.407 e. The molecule has 0 amide bonds. The van der Waals surface area contributed by atoms with E-state index in [1.165, 1.54) is 0 Å². The lowest BCUT2D eigenvalue weighted by Crippen LogP contribution is -2.53. The first-order valence-electron chi connectivity index (χ1n) is 9.29. The van der Waals surface area contributed by atoms with E-state index in [0.717, 1.165) is 19.3 Å². The van der Waals surface area contributed by atoms with Gasteiger partial charge >= 0.3 is 0 Å². The zero-order valence-electron chi connectivity index (χ0n) is 15.7. The molecule has 0 aromatic carbocycles. The normalized spacial score (nSPS) is 29.3. The Morgan fingerprint density at radius 2 is 1.74 bits per heavy atom. The summed E-state index contributed by atoms with van der Waals surface area (Å²) >= 11 is 0. The highest BCUT2D eigenvalue weighted by molar-refractivity contribution is 6.77. The number of Topliss-reactive ketones (excluding diaryl/α,β-unsaturated/α-hetero) is 1. The minimum Gasteiger partial charge on any atom is -0.407 e. The predicted octanol–water partition coefficient (Wildman–Crippen LogP) is 5.02. The van der Waals surface area contributed by atoms with E-state index in [0.29, 0.717) is 29.7 Å². The van der Waals surface area contributed by atoms with Crippen molar-refractivity contribution in [1.82, 2.24) is 0 Å². The van der Waals surface area contributed by atoms with Crippen molar-refractivity contribution in [2.45, 2.75) is 95.6 Å². The van der Waals surface area contributed by atoms with Gasteiger partial charge < -0.3 is 9.16 Å². The Hall–Kier alpha value is -0.453. The zero-order valence-corrected chi connectivity index (χ0v) is 16.7. The summed E-state index contributed by atoms with van der Waals surface area (Å²) in [6, 6.07) is 0. The van der Waals surface area contributed by atoms with Crippen LogP contribution in [-0.4, -0.2) is 32.4 Å². The van der Waals surface area contributed by atoms with Gasteiger partial charge in [-0.15, -0.1) is 0 Å². The molecule has 1 saturated carbocycles. The van der Waals surface area contributed by atoms with Crippen LogP contribution in [0.3, 0.4) is 0 Å². The molecule has 0 aromatic heterocycles. The fourth-order valence-electron chi connectivity index (χ4n) is 4.69. The van der Waals surface area contributed by atoms with E-state index in [2.05, 4.69) is 47.6 Å². The number of carbonyl (C=O) groups is 1. The summed E-state index contributed by atoms with van der Waals surface area (Å²) in [5, 5.41) is 0. The SMILES string of the molecule is CC(C)[Si](O[C@H]1C=C[C@@]2(CCCCC2=O)OC1)(C(C)C)C(C)C. The number of carbonyl (C=O) groups excluding carboxylic acids is 1. The molecule has 2 aliphatic rings. The number of rotatable bonds is 5. The molecule has 2 rings (SSSR count). The van der Waals surface area contributed by atoms with Crippen LogP contribution in [0.2, 0.25) is 16.6 Å². The molecule has 1 spiro atoms. The van der Waals surface area contributed by atoms with Crippen molar-refractivity contribution < 1.29 is 14.0 Å². The maximum atomic E-state index is 12.3. The van der Waals surface area contributed by atoms with Crippen LogP contribution in [0, 0.1) is 0 Å². The van der Waals surface area contributed by atoms with E-state index in [1.54, 1.807) is 0 Å². The Morgan fingerprint density at radius 1 is 1.13 bits per heavy atom. The predicted molar refractivity (Wildman–Crippen MR) is 97.2 cm³/mol. The number of ketones is 1. The Morgan fingerprint density at radius 3 is 2.17 bits per heavy atom. The Labute approximate surface area is 142 Å². The van der Waals surface area contributed by atoms with Crippen molar-refractivity contribution in [1.29, 1.82) is 0 Å². The summed E-state index contributed by atoms with van der Waals surface area (Å²) in [6.07, 6.45) is 7.67. The average molecular weight is 339 g/mol. The summed E-state index contributed by atoms with van der Waals surface area (Å²) in [7, 11) is -1.91. The van der Waals surface area contributed by atoms with Crippen LogP contribution in [0.25, 0.3) is 0 Å². The van der Waals surface area contributed by atoms with Crippen LogP contribution in [0.4, 0.5) is 0 Å². The Kier molecular flexibility index (Phi) is 5.91. The molecule has 0 aromatic rings. The third-order valence-electron chi connectivity index (χ3n) is 5.82. The molecular formula is C19H34O3Si. The lowest BCUT2D eigenvalue weighted by Gasteiger charge is -2.46. The molecule has 1 heterocycles. The highest BCUT2D eigenvalue weighted by Crippen LogP contribution is 2.44. The Balaban J connectivity index is 2.16. The molecule has 3 nitrogen and oxygen atoms in total. The van der Waals surface area contributed by atoms with Gasteiger partial charge in [0.1, 0.15) is 5.60 Å². The van der Waals surface area contributed by atoms with Crippen LogP contribution < -0.4 is 0 Å². The lowest BCUT2D eigenvalue weighted by molar-refractivity contribution is -0.146. The molecule has 1 aliphatic heterocycles. The van der Waals surface area contributed by atoms with Crippen LogP contribution in [0.15, 0.2) is 12.2 Å². The van der Waals surface area contributed by atoms with Gasteiger partial charge in [0.25, 0.3) is 0 Å². The summed E-state index contributed by atoms with van der Waals surface area (Å²) in [6.45, 7) is 14.3. The van der Waals surface area contributed by atoms with Crippen molar-refractivity contribution in [2.75, 3.05) is 6.61 Å². The van der Waals surface area contributed by atoms with E-state index < -0.39 is 13.9 Å². The van der Waals surface area contributed by atoms with Gasteiger partial charge in [-0.05, 0) is 42.0 Å². The van der Waals surface area contributed by atoms with Gasteiger partial charge in [-0.2, -0.15) is 0 Å². The number of hydrogen-bond donors (Lipinski definition) is 0. The molecular weight excluding hydrogens is 304 g/mol. The van der Waals surface area contributed by atoms with E-state index in [1.807, 2.05) is 6.08 Å². The first-order chi connectivity index (χ1) is 10.7. The maximum absolute atomic E-state index is 12.3. The topological polar surface area (TPSA) is 35.5 Å². The average Bonchev–Trinajstić information content (AvgIpc) is 2.48. The van der Waals surface area contributed by atoms with Gasteiger partial charge in [0.15, 0.2) is 5.78 Å². The molecule has 1 fully saturated rings. The summed E-state index contributed by atoms with van der Waals surface area (Å²) < 4.78 is 12.8. The number of ether oxygens (including phenoxy) is 1. The van der Waals surface area contributed by atoms with Gasteiger partial charge in [-0.3, -0.25) is 4.79 Å². The van der Waals surface area contributed by atoms with Gasteiger partial charge in [-0.1, -0.05) is 47.6 Å². The highest BCUT2D eigenvalue weighted by Gasteiger charge is 2.48. The van der Waals surface area contributed by atoms with Gasteiger partial charge in [0.2, 0.25) is 8.32 Å². The smallest absolute Gasteiger partial charge is 0.201 e. The van der Waals surface area contributed by atoms with Crippen LogP contribution in [0.5, 0.6) is 0 Å². The third kappa shape index (κ3) is 3.49. The van der Waals surface area contributed by atoms with E-state index >= 15 is 0 Å². The molecule has 0 radical (unpaired) electrons. The van der Waals surface area contributed by atoms with Gasteiger partial charge in [-0.25, -0.2) is 0 Å². The first-order valence-corrected chi connectivity index (χ1v) is 11.4. The lowest BCUT2D eigenvalue weighted by atomic mass is 9.82. The van der Waals surface area contributed by atoms with Crippen molar-refractivity contribution >= 4 is 14.1 Å².